The number of benzene rings is 1. The molecule has 2 atom stereocenters. The number of carbonyl (C=O) groups excluding carboxylic acids is 1. The van der Waals surface area contributed by atoms with Gasteiger partial charge in [0.25, 0.3) is 5.91 Å². The van der Waals surface area contributed by atoms with Crippen LogP contribution in [0.25, 0.3) is 10.9 Å². The van der Waals surface area contributed by atoms with Crippen molar-refractivity contribution in [2.45, 2.75) is 26.3 Å². The molecule has 0 saturated carbocycles. The van der Waals surface area contributed by atoms with Crippen LogP contribution >= 0.6 is 0 Å². The van der Waals surface area contributed by atoms with Gasteiger partial charge >= 0.3 is 0 Å². The summed E-state index contributed by atoms with van der Waals surface area (Å²) in [6, 6.07) is 7.45. The van der Waals surface area contributed by atoms with Gasteiger partial charge in [-0.25, -0.2) is 0 Å². The van der Waals surface area contributed by atoms with Gasteiger partial charge in [0.1, 0.15) is 0 Å². The Morgan fingerprint density at radius 1 is 1.40 bits per heavy atom. The van der Waals surface area contributed by atoms with Crippen LogP contribution in [0.15, 0.2) is 30.5 Å². The molecule has 0 unspecified atom stereocenters. The number of hydrogen-bond acceptors (Lipinski definition) is 2. The number of carbonyl (C=O) groups is 1. The number of nitrogens with one attached hydrogen (secondary N) is 1. The van der Waals surface area contributed by atoms with E-state index in [2.05, 4.69) is 12.2 Å². The van der Waals surface area contributed by atoms with Crippen molar-refractivity contribution < 1.29 is 9.90 Å². The van der Waals surface area contributed by atoms with Crippen molar-refractivity contribution in [1.82, 2.24) is 9.88 Å². The highest BCUT2D eigenvalue weighted by Crippen LogP contribution is 2.17. The number of aliphatic hydroxyl groups excluding tert-OH is 1. The summed E-state index contributed by atoms with van der Waals surface area (Å²) in [7, 11) is 1.98. The van der Waals surface area contributed by atoms with Crippen LogP contribution in [0.4, 0.5) is 0 Å². The lowest BCUT2D eigenvalue weighted by Gasteiger charge is -2.22. The predicted molar refractivity (Wildman–Crippen MR) is 80.7 cm³/mol. The molecule has 0 aliphatic carbocycles. The van der Waals surface area contributed by atoms with Crippen LogP contribution in [0.2, 0.25) is 0 Å². The minimum absolute atomic E-state index is 0.0334. The summed E-state index contributed by atoms with van der Waals surface area (Å²) in [6.07, 6.45) is 2.89. The maximum absolute atomic E-state index is 12.3. The van der Waals surface area contributed by atoms with E-state index in [0.717, 1.165) is 17.3 Å². The zero-order valence-electron chi connectivity index (χ0n) is 12.3. The molecule has 2 aromatic rings. The summed E-state index contributed by atoms with van der Waals surface area (Å²) in [5.41, 5.74) is 1.73. The second-order valence-electron chi connectivity index (χ2n) is 5.35. The zero-order chi connectivity index (χ0) is 14.7. The summed E-state index contributed by atoms with van der Waals surface area (Å²) in [4.78, 5) is 12.3. The van der Waals surface area contributed by atoms with Crippen LogP contribution in [0.5, 0.6) is 0 Å². The van der Waals surface area contributed by atoms with Crippen LogP contribution in [-0.4, -0.2) is 28.2 Å². The smallest absolute Gasteiger partial charge is 0.251 e. The van der Waals surface area contributed by atoms with Crippen LogP contribution in [0.1, 0.15) is 30.6 Å². The Kier molecular flexibility index (Phi) is 4.45. The van der Waals surface area contributed by atoms with Crippen LogP contribution in [-0.2, 0) is 7.05 Å². The quantitative estimate of drug-likeness (QED) is 0.879. The first-order valence-corrected chi connectivity index (χ1v) is 7.03. The second kappa shape index (κ2) is 6.09. The van der Waals surface area contributed by atoms with Crippen molar-refractivity contribution in [2.24, 2.45) is 13.0 Å². The van der Waals surface area contributed by atoms with E-state index in [9.17, 15) is 9.90 Å². The third-order valence-electron chi connectivity index (χ3n) is 3.99. The van der Waals surface area contributed by atoms with E-state index in [4.69, 9.17) is 0 Å². The molecule has 0 radical (unpaired) electrons. The number of aliphatic hydroxyl groups is 1. The van der Waals surface area contributed by atoms with Crippen LogP contribution < -0.4 is 5.32 Å². The molecule has 1 aromatic carbocycles. The summed E-state index contributed by atoms with van der Waals surface area (Å²) in [5.74, 6) is 0.125. The minimum Gasteiger partial charge on any atom is -0.394 e. The molecule has 1 heterocycles. The monoisotopic (exact) mass is 274 g/mol. The molecule has 2 N–H and O–H groups in total. The average molecular weight is 274 g/mol. The van der Waals surface area contributed by atoms with E-state index in [0.29, 0.717) is 5.56 Å². The van der Waals surface area contributed by atoms with E-state index >= 15 is 0 Å². The highest BCUT2D eigenvalue weighted by atomic mass is 16.3. The van der Waals surface area contributed by atoms with Crippen LogP contribution in [0, 0.1) is 5.92 Å². The van der Waals surface area contributed by atoms with Gasteiger partial charge in [0.15, 0.2) is 0 Å². The van der Waals surface area contributed by atoms with Gasteiger partial charge in [-0.3, -0.25) is 4.79 Å². The fourth-order valence-corrected chi connectivity index (χ4v) is 2.33. The van der Waals surface area contributed by atoms with Gasteiger partial charge in [0, 0.05) is 29.7 Å². The molecule has 0 bridgehead atoms. The molecular formula is C16H22N2O2. The van der Waals surface area contributed by atoms with Gasteiger partial charge < -0.3 is 15.0 Å². The lowest BCUT2D eigenvalue weighted by Crippen LogP contribution is -2.41. The summed E-state index contributed by atoms with van der Waals surface area (Å²) in [5, 5.41) is 13.3. The first-order chi connectivity index (χ1) is 9.56. The highest BCUT2D eigenvalue weighted by Gasteiger charge is 2.18. The Bertz CT molecular complexity index is 604. The van der Waals surface area contributed by atoms with E-state index < -0.39 is 0 Å². The molecular weight excluding hydrogens is 252 g/mol. The fraction of sp³-hybridized carbons (Fsp3) is 0.438. The molecule has 4 nitrogen and oxygen atoms in total. The van der Waals surface area contributed by atoms with Crippen molar-refractivity contribution in [2.75, 3.05) is 6.61 Å². The van der Waals surface area contributed by atoms with Gasteiger partial charge in [-0.15, -0.1) is 0 Å². The molecule has 0 saturated heterocycles. The molecule has 1 aromatic heterocycles. The van der Waals surface area contributed by atoms with Crippen molar-refractivity contribution in [3.63, 3.8) is 0 Å². The normalized spacial score (nSPS) is 14.2. The Morgan fingerprint density at radius 2 is 2.15 bits per heavy atom. The number of rotatable bonds is 5. The fourth-order valence-electron chi connectivity index (χ4n) is 2.33. The molecule has 108 valence electrons. The number of nitrogens with zero attached hydrogens (tertiary/aromatic N) is 1. The first-order valence-electron chi connectivity index (χ1n) is 7.03. The molecule has 0 fully saturated rings. The minimum atomic E-state index is -0.195. The van der Waals surface area contributed by atoms with Crippen molar-refractivity contribution in [3.8, 4) is 0 Å². The third kappa shape index (κ3) is 2.85. The summed E-state index contributed by atoms with van der Waals surface area (Å²) < 4.78 is 2.02. The van der Waals surface area contributed by atoms with Crippen molar-refractivity contribution >= 4 is 16.8 Å². The first kappa shape index (κ1) is 14.6. The maximum Gasteiger partial charge on any atom is 0.251 e. The molecule has 20 heavy (non-hydrogen) atoms. The SMILES string of the molecule is CC[C@H](C)[C@@H](CO)NC(=O)c1ccc2c(ccn2C)c1. The Hall–Kier alpha value is -1.81. The van der Waals surface area contributed by atoms with Gasteiger partial charge in [-0.05, 0) is 30.2 Å². The third-order valence-corrected chi connectivity index (χ3v) is 3.99. The topological polar surface area (TPSA) is 54.3 Å². The number of amides is 1. The molecule has 4 heteroatoms. The summed E-state index contributed by atoms with van der Waals surface area (Å²) >= 11 is 0. The lowest BCUT2D eigenvalue weighted by atomic mass is 9.99. The van der Waals surface area contributed by atoms with Gasteiger partial charge in [0.2, 0.25) is 0 Å². The van der Waals surface area contributed by atoms with E-state index in [1.54, 1.807) is 0 Å². The highest BCUT2D eigenvalue weighted by molar-refractivity contribution is 5.98. The molecule has 0 aliphatic rings. The Morgan fingerprint density at radius 3 is 2.80 bits per heavy atom. The van der Waals surface area contributed by atoms with Crippen molar-refractivity contribution in [1.29, 1.82) is 0 Å². The molecule has 0 spiro atoms. The largest absolute Gasteiger partial charge is 0.394 e. The van der Waals surface area contributed by atoms with Gasteiger partial charge in [-0.1, -0.05) is 20.3 Å². The second-order valence-corrected chi connectivity index (χ2v) is 5.35. The van der Waals surface area contributed by atoms with Crippen molar-refractivity contribution in [3.05, 3.63) is 36.0 Å². The number of aryl methyl sites for hydroxylation is 1. The predicted octanol–water partition coefficient (Wildman–Crippen LogP) is 2.32. The zero-order valence-corrected chi connectivity index (χ0v) is 12.3. The number of hydrogen-bond donors (Lipinski definition) is 2. The molecule has 1 amide bonds. The Balaban J connectivity index is 2.18. The van der Waals surface area contributed by atoms with Gasteiger partial charge in [0.05, 0.1) is 12.6 Å². The molecule has 2 rings (SSSR count). The number of aromatic nitrogens is 1. The average Bonchev–Trinajstić information content (AvgIpc) is 2.84. The van der Waals surface area contributed by atoms with Gasteiger partial charge in [-0.2, -0.15) is 0 Å². The van der Waals surface area contributed by atoms with E-state index in [1.165, 1.54) is 0 Å². The van der Waals surface area contributed by atoms with E-state index in [-0.39, 0.29) is 24.5 Å². The molecule has 0 aliphatic heterocycles. The standard InChI is InChI=1S/C16H22N2O2/c1-4-11(2)14(10-19)17-16(20)13-5-6-15-12(9-13)7-8-18(15)3/h5-9,11,14,19H,4,10H2,1-3H3,(H,17,20)/t11-,14+/m0/s1. The van der Waals surface area contributed by atoms with Crippen LogP contribution in [0.3, 0.4) is 0 Å². The van der Waals surface area contributed by atoms with E-state index in [1.807, 2.05) is 49.0 Å². The Labute approximate surface area is 119 Å². The maximum atomic E-state index is 12.3. The lowest BCUT2D eigenvalue weighted by molar-refractivity contribution is 0.0891. The summed E-state index contributed by atoms with van der Waals surface area (Å²) in [6.45, 7) is 4.05. The number of fused-ring (bicyclic) bond motifs is 1.